The van der Waals surface area contributed by atoms with Crippen LogP contribution in [0.2, 0.25) is 0 Å². The SMILES string of the molecule is CC(C)C1CCN(S(=O)(=O)c2c(Br)cc(N)cc2Br)CC1. The summed E-state index contributed by atoms with van der Waals surface area (Å²) in [5.74, 6) is 1.21. The van der Waals surface area contributed by atoms with Gasteiger partial charge in [-0.05, 0) is 68.7 Å². The van der Waals surface area contributed by atoms with Gasteiger partial charge < -0.3 is 5.73 Å². The number of anilines is 1. The third-order valence-electron chi connectivity index (χ3n) is 4.06. The first-order valence-electron chi connectivity index (χ1n) is 6.98. The first-order chi connectivity index (χ1) is 9.73. The monoisotopic (exact) mass is 438 g/mol. The van der Waals surface area contributed by atoms with E-state index in [4.69, 9.17) is 5.73 Å². The normalized spacial score (nSPS) is 18.3. The van der Waals surface area contributed by atoms with Crippen LogP contribution in [0.1, 0.15) is 26.7 Å². The predicted octanol–water partition coefficient (Wildman–Crippen LogP) is 3.85. The van der Waals surface area contributed by atoms with E-state index in [0.717, 1.165) is 12.8 Å². The Kier molecular flexibility index (Phi) is 5.39. The average Bonchev–Trinajstić information content (AvgIpc) is 2.37. The van der Waals surface area contributed by atoms with Gasteiger partial charge in [0.25, 0.3) is 0 Å². The van der Waals surface area contributed by atoms with E-state index in [-0.39, 0.29) is 4.90 Å². The largest absolute Gasteiger partial charge is 0.399 e. The fraction of sp³-hybridized carbons (Fsp3) is 0.571. The topological polar surface area (TPSA) is 63.4 Å². The van der Waals surface area contributed by atoms with Gasteiger partial charge in [0.2, 0.25) is 10.0 Å². The third-order valence-corrected chi connectivity index (χ3v) is 7.84. The Morgan fingerprint density at radius 1 is 1.19 bits per heavy atom. The molecule has 1 aliphatic heterocycles. The zero-order valence-corrected chi connectivity index (χ0v) is 16.1. The lowest BCUT2D eigenvalue weighted by molar-refractivity contribution is 0.226. The van der Waals surface area contributed by atoms with Crippen LogP contribution in [0.3, 0.4) is 0 Å². The van der Waals surface area contributed by atoms with Crippen LogP contribution in [0, 0.1) is 11.8 Å². The van der Waals surface area contributed by atoms with Crippen LogP contribution in [0.5, 0.6) is 0 Å². The second-order valence-electron chi connectivity index (χ2n) is 5.80. The summed E-state index contributed by atoms with van der Waals surface area (Å²) in [6, 6.07) is 3.25. The molecule has 2 N–H and O–H groups in total. The van der Waals surface area contributed by atoms with Crippen molar-refractivity contribution >= 4 is 47.6 Å². The highest BCUT2D eigenvalue weighted by Crippen LogP contribution is 2.36. The van der Waals surface area contributed by atoms with Crippen molar-refractivity contribution in [1.82, 2.24) is 4.31 Å². The molecule has 1 aromatic carbocycles. The van der Waals surface area contributed by atoms with E-state index in [2.05, 4.69) is 45.7 Å². The minimum atomic E-state index is -3.51. The van der Waals surface area contributed by atoms with Crippen molar-refractivity contribution in [3.8, 4) is 0 Å². The highest BCUT2D eigenvalue weighted by atomic mass is 79.9. The van der Waals surface area contributed by atoms with E-state index in [1.165, 1.54) is 0 Å². The molecule has 0 spiro atoms. The van der Waals surface area contributed by atoms with Gasteiger partial charge >= 0.3 is 0 Å². The number of nitrogen functional groups attached to an aromatic ring is 1. The van der Waals surface area contributed by atoms with Gasteiger partial charge in [0.05, 0.1) is 0 Å². The highest BCUT2D eigenvalue weighted by molar-refractivity contribution is 9.11. The Balaban J connectivity index is 2.28. The van der Waals surface area contributed by atoms with E-state index >= 15 is 0 Å². The lowest BCUT2D eigenvalue weighted by Crippen LogP contribution is -2.39. The summed E-state index contributed by atoms with van der Waals surface area (Å²) in [5.41, 5.74) is 6.25. The summed E-state index contributed by atoms with van der Waals surface area (Å²) in [6.07, 6.45) is 1.84. The van der Waals surface area contributed by atoms with Crippen molar-refractivity contribution in [2.75, 3.05) is 18.8 Å². The van der Waals surface area contributed by atoms with Crippen LogP contribution in [-0.4, -0.2) is 25.8 Å². The second kappa shape index (κ2) is 6.56. The molecule has 0 radical (unpaired) electrons. The molecule has 1 saturated heterocycles. The molecule has 7 heteroatoms. The number of nitrogens with zero attached hydrogens (tertiary/aromatic N) is 1. The maximum Gasteiger partial charge on any atom is 0.245 e. The molecular weight excluding hydrogens is 420 g/mol. The first-order valence-corrected chi connectivity index (χ1v) is 10.0. The summed E-state index contributed by atoms with van der Waals surface area (Å²) >= 11 is 6.64. The van der Waals surface area contributed by atoms with Crippen molar-refractivity contribution < 1.29 is 8.42 Å². The van der Waals surface area contributed by atoms with E-state index in [1.807, 2.05) is 0 Å². The highest BCUT2D eigenvalue weighted by Gasteiger charge is 2.33. The number of benzene rings is 1. The Hall–Kier alpha value is -0.110. The van der Waals surface area contributed by atoms with Gasteiger partial charge in [0.15, 0.2) is 0 Å². The number of hydrogen-bond donors (Lipinski definition) is 1. The van der Waals surface area contributed by atoms with E-state index in [9.17, 15) is 8.42 Å². The molecule has 4 nitrogen and oxygen atoms in total. The van der Waals surface area contributed by atoms with E-state index < -0.39 is 10.0 Å². The number of rotatable bonds is 3. The molecule has 0 aliphatic carbocycles. The lowest BCUT2D eigenvalue weighted by Gasteiger charge is -2.33. The molecule has 0 saturated carbocycles. The molecule has 0 atom stereocenters. The molecular formula is C14H20Br2N2O2S. The summed E-state index contributed by atoms with van der Waals surface area (Å²) in [6.45, 7) is 5.55. The van der Waals surface area contributed by atoms with Gasteiger partial charge in [0.1, 0.15) is 4.90 Å². The number of halogens is 2. The molecule has 2 rings (SSSR count). The van der Waals surface area contributed by atoms with E-state index in [0.29, 0.717) is 39.6 Å². The smallest absolute Gasteiger partial charge is 0.245 e. The fourth-order valence-electron chi connectivity index (χ4n) is 2.74. The van der Waals surface area contributed by atoms with Crippen LogP contribution in [0.25, 0.3) is 0 Å². The standard InChI is InChI=1S/C14H20Br2N2O2S/c1-9(2)10-3-5-18(6-4-10)21(19,20)14-12(15)7-11(17)8-13(14)16/h7-10H,3-6,17H2,1-2H3. The quantitative estimate of drug-likeness (QED) is 0.727. The molecule has 0 unspecified atom stereocenters. The van der Waals surface area contributed by atoms with Gasteiger partial charge in [-0.1, -0.05) is 13.8 Å². The molecule has 21 heavy (non-hydrogen) atoms. The van der Waals surface area contributed by atoms with Crippen molar-refractivity contribution in [2.45, 2.75) is 31.6 Å². The van der Waals surface area contributed by atoms with Gasteiger partial charge in [-0.2, -0.15) is 4.31 Å². The second-order valence-corrected chi connectivity index (χ2v) is 9.38. The van der Waals surface area contributed by atoms with Crippen LogP contribution in [0.4, 0.5) is 5.69 Å². The van der Waals surface area contributed by atoms with Crippen molar-refractivity contribution in [1.29, 1.82) is 0 Å². The number of nitrogens with two attached hydrogens (primary N) is 1. The lowest BCUT2D eigenvalue weighted by atomic mass is 9.87. The van der Waals surface area contributed by atoms with Crippen molar-refractivity contribution in [2.24, 2.45) is 11.8 Å². The van der Waals surface area contributed by atoms with Gasteiger partial charge in [-0.15, -0.1) is 0 Å². The minimum absolute atomic E-state index is 0.264. The first kappa shape index (κ1) is 17.2. The van der Waals surface area contributed by atoms with Gasteiger partial charge in [0, 0.05) is 27.7 Å². The number of sulfonamides is 1. The molecule has 0 bridgehead atoms. The zero-order chi connectivity index (χ0) is 15.8. The van der Waals surface area contributed by atoms with Crippen molar-refractivity contribution in [3.05, 3.63) is 21.1 Å². The van der Waals surface area contributed by atoms with Crippen LogP contribution >= 0.6 is 31.9 Å². The maximum absolute atomic E-state index is 12.8. The number of piperidine rings is 1. The Morgan fingerprint density at radius 3 is 2.10 bits per heavy atom. The summed E-state index contributed by atoms with van der Waals surface area (Å²) in [5, 5.41) is 0. The fourth-order valence-corrected chi connectivity index (χ4v) is 6.75. The summed E-state index contributed by atoms with van der Waals surface area (Å²) < 4.78 is 28.3. The summed E-state index contributed by atoms with van der Waals surface area (Å²) in [7, 11) is -3.51. The molecule has 0 amide bonds. The minimum Gasteiger partial charge on any atom is -0.399 e. The Bertz CT molecular complexity index is 601. The van der Waals surface area contributed by atoms with Crippen LogP contribution in [0.15, 0.2) is 26.0 Å². The van der Waals surface area contributed by atoms with Crippen LogP contribution in [-0.2, 0) is 10.0 Å². The van der Waals surface area contributed by atoms with Gasteiger partial charge in [-0.3, -0.25) is 0 Å². The molecule has 118 valence electrons. The Morgan fingerprint density at radius 2 is 1.67 bits per heavy atom. The zero-order valence-electron chi connectivity index (χ0n) is 12.1. The molecule has 1 fully saturated rings. The predicted molar refractivity (Wildman–Crippen MR) is 92.6 cm³/mol. The maximum atomic E-state index is 12.8. The van der Waals surface area contributed by atoms with E-state index in [1.54, 1.807) is 16.4 Å². The molecule has 1 aliphatic rings. The van der Waals surface area contributed by atoms with Crippen LogP contribution < -0.4 is 5.73 Å². The summed E-state index contributed by atoms with van der Waals surface area (Å²) in [4.78, 5) is 0.264. The average molecular weight is 440 g/mol. The van der Waals surface area contributed by atoms with Gasteiger partial charge in [-0.25, -0.2) is 8.42 Å². The molecule has 1 heterocycles. The Labute approximate surface area is 143 Å². The number of hydrogen-bond acceptors (Lipinski definition) is 3. The molecule has 0 aromatic heterocycles. The van der Waals surface area contributed by atoms with Crippen molar-refractivity contribution in [3.63, 3.8) is 0 Å². The third kappa shape index (κ3) is 3.63. The molecule has 1 aromatic rings.